The first kappa shape index (κ1) is 15.7. The molecule has 1 fully saturated rings. The molecule has 4 nitrogen and oxygen atoms in total. The van der Waals surface area contributed by atoms with E-state index in [9.17, 15) is 8.78 Å². The maximum Gasteiger partial charge on any atom is 0.191 e. The molecule has 6 heteroatoms. The van der Waals surface area contributed by atoms with Gasteiger partial charge >= 0.3 is 0 Å². The molecule has 2 rings (SSSR count). The van der Waals surface area contributed by atoms with Gasteiger partial charge in [-0.25, -0.2) is 8.78 Å². The van der Waals surface area contributed by atoms with Crippen molar-refractivity contribution < 1.29 is 13.5 Å². The van der Waals surface area contributed by atoms with E-state index in [1.54, 1.807) is 7.11 Å². The molecule has 0 saturated heterocycles. The Labute approximate surface area is 123 Å². The number of methoxy groups -OCH3 is 1. The number of nitrogens with one attached hydrogen (secondary N) is 2. The molecule has 2 unspecified atom stereocenters. The molecule has 1 aromatic rings. The Bertz CT molecular complexity index is 487. The van der Waals surface area contributed by atoms with Gasteiger partial charge in [0.1, 0.15) is 11.6 Å². The second kappa shape index (κ2) is 7.36. The maximum absolute atomic E-state index is 13.7. The zero-order valence-electron chi connectivity index (χ0n) is 12.3. The summed E-state index contributed by atoms with van der Waals surface area (Å²) in [6.45, 7) is 3.77. The molecule has 2 atom stereocenters. The van der Waals surface area contributed by atoms with Crippen molar-refractivity contribution in [3.63, 3.8) is 0 Å². The molecular weight excluding hydrogens is 276 g/mol. The van der Waals surface area contributed by atoms with Gasteiger partial charge in [-0.05, 0) is 25.5 Å². The lowest BCUT2D eigenvalue weighted by Gasteiger charge is -2.11. The largest absolute Gasteiger partial charge is 0.383 e. The van der Waals surface area contributed by atoms with Gasteiger partial charge in [0, 0.05) is 31.2 Å². The summed E-state index contributed by atoms with van der Waals surface area (Å²) in [7, 11) is 1.62. The van der Waals surface area contributed by atoms with Crippen molar-refractivity contribution in [1.29, 1.82) is 0 Å². The third-order valence-electron chi connectivity index (χ3n) is 3.39. The van der Waals surface area contributed by atoms with Crippen LogP contribution in [-0.4, -0.2) is 38.8 Å². The average molecular weight is 297 g/mol. The van der Waals surface area contributed by atoms with Crippen LogP contribution in [0, 0.1) is 11.6 Å². The first-order valence-corrected chi connectivity index (χ1v) is 7.15. The van der Waals surface area contributed by atoms with E-state index in [4.69, 9.17) is 4.74 Å². The third kappa shape index (κ3) is 4.14. The minimum Gasteiger partial charge on any atom is -0.383 e. The SMILES string of the molecule is CCNC(=NCCOC)NC1CC1c1c(F)cccc1F. The van der Waals surface area contributed by atoms with E-state index in [0.717, 1.165) is 6.54 Å². The van der Waals surface area contributed by atoms with Gasteiger partial charge in [0.25, 0.3) is 0 Å². The number of guanidine groups is 1. The summed E-state index contributed by atoms with van der Waals surface area (Å²) in [4.78, 5) is 4.34. The molecule has 0 spiro atoms. The number of hydrogen-bond acceptors (Lipinski definition) is 2. The second-order valence-electron chi connectivity index (χ2n) is 4.98. The van der Waals surface area contributed by atoms with E-state index >= 15 is 0 Å². The van der Waals surface area contributed by atoms with Crippen molar-refractivity contribution in [2.24, 2.45) is 4.99 Å². The Morgan fingerprint density at radius 2 is 2.10 bits per heavy atom. The van der Waals surface area contributed by atoms with Crippen LogP contribution in [0.2, 0.25) is 0 Å². The number of halogens is 2. The van der Waals surface area contributed by atoms with Crippen molar-refractivity contribution in [3.8, 4) is 0 Å². The fraction of sp³-hybridized carbons (Fsp3) is 0.533. The highest BCUT2D eigenvalue weighted by Gasteiger charge is 2.42. The zero-order chi connectivity index (χ0) is 15.2. The fourth-order valence-electron chi connectivity index (χ4n) is 2.28. The first-order chi connectivity index (χ1) is 10.2. The lowest BCUT2D eigenvalue weighted by Crippen LogP contribution is -2.39. The lowest BCUT2D eigenvalue weighted by atomic mass is 10.1. The van der Waals surface area contributed by atoms with Crippen molar-refractivity contribution in [3.05, 3.63) is 35.4 Å². The van der Waals surface area contributed by atoms with Crippen LogP contribution in [0.1, 0.15) is 24.8 Å². The summed E-state index contributed by atoms with van der Waals surface area (Å²) < 4.78 is 32.4. The number of ether oxygens (including phenoxy) is 1. The van der Waals surface area contributed by atoms with Crippen LogP contribution in [-0.2, 0) is 4.74 Å². The van der Waals surface area contributed by atoms with Gasteiger partial charge in [-0.15, -0.1) is 0 Å². The zero-order valence-corrected chi connectivity index (χ0v) is 12.3. The van der Waals surface area contributed by atoms with E-state index in [-0.39, 0.29) is 17.5 Å². The molecule has 116 valence electrons. The number of aliphatic imine (C=N–C) groups is 1. The van der Waals surface area contributed by atoms with E-state index in [2.05, 4.69) is 15.6 Å². The third-order valence-corrected chi connectivity index (χ3v) is 3.39. The molecule has 0 amide bonds. The average Bonchev–Trinajstić information content (AvgIpc) is 3.18. The topological polar surface area (TPSA) is 45.7 Å². The van der Waals surface area contributed by atoms with E-state index in [1.165, 1.54) is 18.2 Å². The number of rotatable bonds is 6. The molecule has 0 bridgehead atoms. The molecule has 1 aliphatic rings. The van der Waals surface area contributed by atoms with Crippen molar-refractivity contribution in [2.45, 2.75) is 25.3 Å². The molecule has 21 heavy (non-hydrogen) atoms. The first-order valence-electron chi connectivity index (χ1n) is 7.15. The van der Waals surface area contributed by atoms with Gasteiger partial charge in [0.05, 0.1) is 13.2 Å². The van der Waals surface area contributed by atoms with Crippen molar-refractivity contribution in [2.75, 3.05) is 26.8 Å². The molecule has 1 aromatic carbocycles. The van der Waals surface area contributed by atoms with E-state index in [0.29, 0.717) is 25.5 Å². The van der Waals surface area contributed by atoms with Gasteiger partial charge in [0.2, 0.25) is 0 Å². The highest BCUT2D eigenvalue weighted by Crippen LogP contribution is 2.42. The molecule has 0 aromatic heterocycles. The van der Waals surface area contributed by atoms with Gasteiger partial charge in [-0.1, -0.05) is 6.07 Å². The van der Waals surface area contributed by atoms with Crippen LogP contribution < -0.4 is 10.6 Å². The van der Waals surface area contributed by atoms with Crippen LogP contribution in [0.5, 0.6) is 0 Å². The highest BCUT2D eigenvalue weighted by atomic mass is 19.1. The summed E-state index contributed by atoms with van der Waals surface area (Å²) in [5.74, 6) is -0.451. The molecule has 1 saturated carbocycles. The van der Waals surface area contributed by atoms with E-state index in [1.807, 2.05) is 6.92 Å². The van der Waals surface area contributed by atoms with Gasteiger partial charge < -0.3 is 15.4 Å². The molecular formula is C15H21F2N3O. The predicted molar refractivity (Wildman–Crippen MR) is 78.5 cm³/mol. The van der Waals surface area contributed by atoms with Crippen LogP contribution in [0.25, 0.3) is 0 Å². The summed E-state index contributed by atoms with van der Waals surface area (Å²) in [6.07, 6.45) is 0.701. The van der Waals surface area contributed by atoms with Crippen molar-refractivity contribution in [1.82, 2.24) is 10.6 Å². The Hall–Kier alpha value is -1.69. The van der Waals surface area contributed by atoms with Gasteiger partial charge in [0.15, 0.2) is 5.96 Å². The number of benzene rings is 1. The molecule has 2 N–H and O–H groups in total. The summed E-state index contributed by atoms with van der Waals surface area (Å²) >= 11 is 0. The number of nitrogens with zero attached hydrogens (tertiary/aromatic N) is 1. The predicted octanol–water partition coefficient (Wildman–Crippen LogP) is 2.02. The van der Waals surface area contributed by atoms with Crippen molar-refractivity contribution >= 4 is 5.96 Å². The van der Waals surface area contributed by atoms with Crippen LogP contribution in [0.15, 0.2) is 23.2 Å². The Morgan fingerprint density at radius 3 is 2.71 bits per heavy atom. The quantitative estimate of drug-likeness (QED) is 0.480. The van der Waals surface area contributed by atoms with E-state index < -0.39 is 11.6 Å². The second-order valence-corrected chi connectivity index (χ2v) is 4.98. The molecule has 0 aliphatic heterocycles. The van der Waals surface area contributed by atoms with Crippen LogP contribution in [0.4, 0.5) is 8.78 Å². The summed E-state index contributed by atoms with van der Waals surface area (Å²) in [6, 6.07) is 3.99. The minimum absolute atomic E-state index is 0.0109. The Kier molecular flexibility index (Phi) is 5.50. The normalized spacial score (nSPS) is 21.2. The lowest BCUT2D eigenvalue weighted by molar-refractivity contribution is 0.208. The fourth-order valence-corrected chi connectivity index (χ4v) is 2.28. The highest BCUT2D eigenvalue weighted by molar-refractivity contribution is 5.80. The Balaban J connectivity index is 1.97. The van der Waals surface area contributed by atoms with Gasteiger partial charge in [-0.3, -0.25) is 4.99 Å². The monoisotopic (exact) mass is 297 g/mol. The summed E-state index contributed by atoms with van der Waals surface area (Å²) in [5.41, 5.74) is 0.169. The number of hydrogen-bond donors (Lipinski definition) is 2. The Morgan fingerprint density at radius 1 is 1.38 bits per heavy atom. The molecule has 0 radical (unpaired) electrons. The van der Waals surface area contributed by atoms with Crippen LogP contribution in [0.3, 0.4) is 0 Å². The summed E-state index contributed by atoms with van der Waals surface area (Å²) in [5, 5.41) is 6.31. The molecule has 1 aliphatic carbocycles. The minimum atomic E-state index is -0.481. The standard InChI is InChI=1S/C15H21F2N3O/c1-3-18-15(19-7-8-21-2)20-13-9-10(13)14-11(16)5-4-6-12(14)17/h4-6,10,13H,3,7-9H2,1-2H3,(H2,18,19,20). The maximum atomic E-state index is 13.7. The van der Waals surface area contributed by atoms with Gasteiger partial charge in [-0.2, -0.15) is 0 Å². The smallest absolute Gasteiger partial charge is 0.191 e. The van der Waals surface area contributed by atoms with Crippen LogP contribution >= 0.6 is 0 Å². The molecule has 0 heterocycles.